The lowest BCUT2D eigenvalue weighted by atomic mass is 9.44. The van der Waals surface area contributed by atoms with Crippen LogP contribution in [0.1, 0.15) is 51.3 Å². The highest BCUT2D eigenvalue weighted by atomic mass is 15.2. The Morgan fingerprint density at radius 1 is 0.296 bits per heavy atom. The number of para-hydroxylation sites is 4. The maximum absolute atomic E-state index is 2.70. The summed E-state index contributed by atoms with van der Waals surface area (Å²) in [7, 11) is 0. The molecule has 4 aliphatic heterocycles. The van der Waals surface area contributed by atoms with Crippen LogP contribution >= 0.6 is 0 Å². The molecule has 0 fully saturated rings. The molecule has 4 nitrogen and oxygen atoms in total. The van der Waals surface area contributed by atoms with Crippen LogP contribution in [-0.2, 0) is 17.3 Å². The van der Waals surface area contributed by atoms with Crippen LogP contribution in [0.2, 0.25) is 0 Å². The van der Waals surface area contributed by atoms with Gasteiger partial charge in [-0.25, -0.2) is 0 Å². The van der Waals surface area contributed by atoms with E-state index < -0.39 is 0 Å². The van der Waals surface area contributed by atoms with Crippen molar-refractivity contribution in [1.29, 1.82) is 0 Å². The first kappa shape index (κ1) is 54.6. The summed E-state index contributed by atoms with van der Waals surface area (Å²) in [6.45, 7) is 12.0. The number of hydrogen-bond acceptors (Lipinski definition) is 2. The monoisotopic (exact) mass is 1250 g/mol. The van der Waals surface area contributed by atoms with Crippen LogP contribution in [-0.4, -0.2) is 22.7 Å². The minimum absolute atomic E-state index is 0.0382. The average molecular weight is 1250 g/mol. The SMILES string of the molecule is CC(C)(C)c1cc(N2c3cc4cc5ccccc5cc4cc3B3c4c(cccc42)-c2cccc4c5ccccc5n3c24)cc(C(C)(C)Cc2ccc3cc4cc5c(cc4cc3c2)B2c3c(cc4ccccc4c3-c3cccc4c6ccccc6n2c34)N5c2ccc3ccccc3c2)c1. The molecule has 0 amide bonds. The Labute approximate surface area is 569 Å². The van der Waals surface area contributed by atoms with Crippen LogP contribution in [0.15, 0.2) is 285 Å². The summed E-state index contributed by atoms with van der Waals surface area (Å²) in [5.74, 6) is 0. The molecule has 458 valence electrons. The molecule has 18 aromatic rings. The van der Waals surface area contributed by atoms with Crippen LogP contribution in [0, 0.1) is 0 Å². The molecule has 0 atom stereocenters. The fourth-order valence-corrected chi connectivity index (χ4v) is 18.6. The van der Waals surface area contributed by atoms with Crippen LogP contribution in [0.5, 0.6) is 0 Å². The Hall–Kier alpha value is -11.6. The standard InChI is InChI=1S/C92H64B2N4/c1-91(2,3)66-50-67(52-69(51-66)96-82-34-18-27-73-76-30-16-28-74-71-25-12-14-32-80(71)97(89(74)76)93(87(73)82)78-45-62-40-56-20-8-9-21-57(56)41-64(62)49-84(78)96)92(4,5)53-54-35-36-59-42-65-48-83-79(46-63(65)43-61(59)39-54)94-88-85(95(83)68-38-37-55-19-6-7-22-58(55)44-68)47-60-23-10-11-24-70(60)86(88)77-31-17-29-75-72-26-13-15-33-81(72)98(94)90(75)77/h6-52H,53H2,1-5H3. The summed E-state index contributed by atoms with van der Waals surface area (Å²) in [6, 6.07) is 110. The summed E-state index contributed by atoms with van der Waals surface area (Å²) >= 11 is 0. The number of rotatable bonds is 5. The van der Waals surface area contributed by atoms with Crippen molar-refractivity contribution < 1.29 is 0 Å². The van der Waals surface area contributed by atoms with E-state index in [1.807, 2.05) is 0 Å². The van der Waals surface area contributed by atoms with Crippen molar-refractivity contribution in [2.75, 3.05) is 9.80 Å². The number of anilines is 6. The van der Waals surface area contributed by atoms with E-state index in [1.54, 1.807) is 0 Å². The molecule has 6 heteroatoms. The number of hydrogen-bond donors (Lipinski definition) is 0. The number of fused-ring (bicyclic) bond motifs is 21. The summed E-state index contributed by atoms with van der Waals surface area (Å²) in [6.07, 6.45) is 0.856. The topological polar surface area (TPSA) is 16.3 Å². The molecule has 22 rings (SSSR count). The predicted molar refractivity (Wildman–Crippen MR) is 420 cm³/mol. The van der Waals surface area contributed by atoms with Crippen LogP contribution < -0.4 is 31.7 Å². The second-order valence-corrected chi connectivity index (χ2v) is 30.2. The van der Waals surface area contributed by atoms with Crippen LogP contribution in [0.3, 0.4) is 0 Å². The minimum atomic E-state index is -0.266. The molecule has 6 heterocycles. The summed E-state index contributed by atoms with van der Waals surface area (Å²) < 4.78 is 5.38. The van der Waals surface area contributed by atoms with Crippen molar-refractivity contribution in [1.82, 2.24) is 8.96 Å². The molecule has 0 saturated carbocycles. The third-order valence-corrected chi connectivity index (χ3v) is 23.1. The first-order valence-electron chi connectivity index (χ1n) is 34.9. The molecule has 0 unspecified atom stereocenters. The fourth-order valence-electron chi connectivity index (χ4n) is 18.6. The van der Waals surface area contributed by atoms with E-state index in [4.69, 9.17) is 0 Å². The van der Waals surface area contributed by atoms with E-state index in [9.17, 15) is 0 Å². The van der Waals surface area contributed by atoms with E-state index in [-0.39, 0.29) is 24.5 Å². The Morgan fingerprint density at radius 3 is 1.45 bits per heavy atom. The zero-order valence-corrected chi connectivity index (χ0v) is 55.3. The Bertz CT molecular complexity index is 6660. The predicted octanol–water partition coefficient (Wildman–Crippen LogP) is 21.5. The smallest absolute Gasteiger partial charge is 0.333 e. The van der Waals surface area contributed by atoms with Gasteiger partial charge in [0.1, 0.15) is 0 Å². The summed E-state index contributed by atoms with van der Waals surface area (Å²) in [4.78, 5) is 5.23. The Morgan fingerprint density at radius 2 is 0.776 bits per heavy atom. The van der Waals surface area contributed by atoms with Gasteiger partial charge < -0.3 is 18.8 Å². The van der Waals surface area contributed by atoms with Gasteiger partial charge in [-0.2, -0.15) is 0 Å². The molecule has 98 heavy (non-hydrogen) atoms. The molecule has 0 bridgehead atoms. The highest BCUT2D eigenvalue weighted by Gasteiger charge is 2.46. The molecule has 2 aromatic heterocycles. The van der Waals surface area contributed by atoms with Crippen molar-refractivity contribution in [2.45, 2.75) is 51.9 Å². The molecular weight excluding hydrogens is 1180 g/mol. The summed E-state index contributed by atoms with van der Waals surface area (Å²) in [5.41, 5.74) is 26.6. The highest BCUT2D eigenvalue weighted by Crippen LogP contribution is 2.51. The lowest BCUT2D eigenvalue weighted by Crippen LogP contribution is -2.56. The van der Waals surface area contributed by atoms with E-state index >= 15 is 0 Å². The highest BCUT2D eigenvalue weighted by molar-refractivity contribution is 6.91. The van der Waals surface area contributed by atoms with Crippen molar-refractivity contribution in [3.05, 3.63) is 302 Å². The van der Waals surface area contributed by atoms with Gasteiger partial charge in [0, 0.05) is 88.9 Å². The van der Waals surface area contributed by atoms with Crippen molar-refractivity contribution in [2.24, 2.45) is 0 Å². The van der Waals surface area contributed by atoms with E-state index in [2.05, 4.69) is 338 Å². The van der Waals surface area contributed by atoms with Gasteiger partial charge in [-0.1, -0.05) is 235 Å². The molecule has 0 spiro atoms. The molecule has 4 aliphatic rings. The molecule has 0 N–H and O–H groups in total. The zero-order valence-electron chi connectivity index (χ0n) is 55.3. The maximum Gasteiger partial charge on any atom is 0.333 e. The number of nitrogens with zero attached hydrogens (tertiary/aromatic N) is 4. The van der Waals surface area contributed by atoms with Gasteiger partial charge in [0.2, 0.25) is 0 Å². The normalized spacial score (nSPS) is 13.7. The largest absolute Gasteiger partial charge is 0.375 e. The summed E-state index contributed by atoms with van der Waals surface area (Å²) in [5, 5.41) is 20.2. The second kappa shape index (κ2) is 19.3. The maximum atomic E-state index is 2.70. The quantitative estimate of drug-likeness (QED) is 0.126. The minimum Gasteiger partial charge on any atom is -0.375 e. The lowest BCUT2D eigenvalue weighted by Gasteiger charge is -2.41. The number of benzene rings is 16. The van der Waals surface area contributed by atoms with Gasteiger partial charge in [0.15, 0.2) is 0 Å². The third kappa shape index (κ3) is 7.47. The zero-order chi connectivity index (χ0) is 64.8. The van der Waals surface area contributed by atoms with Gasteiger partial charge >= 0.3 is 13.7 Å². The van der Waals surface area contributed by atoms with E-state index in [0.717, 1.165) is 12.1 Å². The van der Waals surface area contributed by atoms with E-state index in [1.165, 1.54) is 197 Å². The lowest BCUT2D eigenvalue weighted by molar-refractivity contribution is 0.517. The second-order valence-electron chi connectivity index (χ2n) is 30.2. The first-order valence-corrected chi connectivity index (χ1v) is 34.9. The Kier molecular flexibility index (Phi) is 10.8. The van der Waals surface area contributed by atoms with Crippen LogP contribution in [0.4, 0.5) is 34.1 Å². The van der Waals surface area contributed by atoms with Crippen LogP contribution in [0.25, 0.3) is 131 Å². The Balaban J connectivity index is 0.708. The van der Waals surface area contributed by atoms with Crippen molar-refractivity contribution in [3.8, 4) is 22.3 Å². The number of aromatic nitrogens is 2. The van der Waals surface area contributed by atoms with Crippen molar-refractivity contribution >= 4 is 178 Å². The third-order valence-electron chi connectivity index (χ3n) is 23.1. The average Bonchev–Trinajstić information content (AvgIpc) is 1.34. The molecule has 0 saturated heterocycles. The van der Waals surface area contributed by atoms with Gasteiger partial charge in [0.05, 0.1) is 0 Å². The molecule has 16 aromatic carbocycles. The van der Waals surface area contributed by atoms with Gasteiger partial charge in [0.25, 0.3) is 0 Å². The first-order chi connectivity index (χ1) is 47.9. The molecule has 0 aliphatic carbocycles. The van der Waals surface area contributed by atoms with E-state index in [0.29, 0.717) is 0 Å². The molecule has 0 radical (unpaired) electrons. The van der Waals surface area contributed by atoms with Gasteiger partial charge in [-0.05, 0) is 216 Å². The fraction of sp³-hybridized carbons (Fsp3) is 0.0870. The van der Waals surface area contributed by atoms with Gasteiger partial charge in [-0.3, -0.25) is 0 Å². The van der Waals surface area contributed by atoms with Crippen molar-refractivity contribution in [3.63, 3.8) is 0 Å². The van der Waals surface area contributed by atoms with Gasteiger partial charge in [-0.15, -0.1) is 0 Å². The molecular formula is C92H64B2N4.